The molecule has 0 amide bonds. The summed E-state index contributed by atoms with van der Waals surface area (Å²) in [6, 6.07) is 13.5. The van der Waals surface area contributed by atoms with E-state index in [1.807, 2.05) is 42.5 Å². The van der Waals surface area contributed by atoms with Crippen molar-refractivity contribution in [2.45, 2.75) is 155 Å². The highest BCUT2D eigenvalue weighted by molar-refractivity contribution is 6.31. The average Bonchev–Trinajstić information content (AvgIpc) is 3.18. The van der Waals surface area contributed by atoms with Crippen LogP contribution in [0.5, 0.6) is 11.5 Å². The molecule has 9 heteroatoms. The second-order valence-electron chi connectivity index (χ2n) is 14.6. The molecule has 3 rings (SSSR count). The molecule has 308 valence electrons. The molecule has 0 saturated heterocycles. The van der Waals surface area contributed by atoms with Crippen LogP contribution in [0.1, 0.15) is 143 Å². The first kappa shape index (κ1) is 46.3. The lowest BCUT2D eigenvalue weighted by molar-refractivity contribution is -0.155. The SMILES string of the molecule is CCCCCCOCC(COc1c2ccccc2c(OCC(COCCCCCC)OC(=O)CCCCCC)c2cc(Cl)ccc12)OC(=O)CCCCCC. The van der Waals surface area contributed by atoms with E-state index in [4.69, 9.17) is 40.0 Å². The van der Waals surface area contributed by atoms with E-state index in [2.05, 4.69) is 27.7 Å². The summed E-state index contributed by atoms with van der Waals surface area (Å²) in [6.07, 6.45) is 16.4. The molecular formula is C46H69ClO8. The molecule has 3 aromatic carbocycles. The summed E-state index contributed by atoms with van der Waals surface area (Å²) in [5.74, 6) is 0.803. The number of esters is 2. The van der Waals surface area contributed by atoms with E-state index < -0.39 is 12.2 Å². The molecule has 2 unspecified atom stereocenters. The highest BCUT2D eigenvalue weighted by atomic mass is 35.5. The number of carbonyl (C=O) groups excluding carboxylic acids is 2. The Morgan fingerprint density at radius 2 is 0.927 bits per heavy atom. The van der Waals surface area contributed by atoms with Crippen molar-refractivity contribution in [1.29, 1.82) is 0 Å². The Morgan fingerprint density at radius 3 is 1.38 bits per heavy atom. The number of benzene rings is 3. The topological polar surface area (TPSA) is 89.5 Å². The van der Waals surface area contributed by atoms with Gasteiger partial charge in [-0.3, -0.25) is 9.59 Å². The van der Waals surface area contributed by atoms with Crippen LogP contribution in [0.25, 0.3) is 21.5 Å². The minimum atomic E-state index is -0.576. The van der Waals surface area contributed by atoms with Gasteiger partial charge in [0.2, 0.25) is 0 Å². The summed E-state index contributed by atoms with van der Waals surface area (Å²) in [6.45, 7) is 10.7. The number of unbranched alkanes of at least 4 members (excludes halogenated alkanes) is 12. The van der Waals surface area contributed by atoms with Gasteiger partial charge in [0.05, 0.1) is 13.2 Å². The molecule has 0 N–H and O–H groups in total. The van der Waals surface area contributed by atoms with Gasteiger partial charge in [0.1, 0.15) is 24.7 Å². The van der Waals surface area contributed by atoms with Crippen molar-refractivity contribution in [2.24, 2.45) is 0 Å². The minimum absolute atomic E-state index is 0.118. The second-order valence-corrected chi connectivity index (χ2v) is 15.1. The lowest BCUT2D eigenvalue weighted by atomic mass is 10.0. The van der Waals surface area contributed by atoms with Crippen LogP contribution in [-0.4, -0.2) is 63.8 Å². The van der Waals surface area contributed by atoms with Crippen molar-refractivity contribution in [1.82, 2.24) is 0 Å². The molecule has 3 aromatic rings. The molecule has 0 spiro atoms. The third kappa shape index (κ3) is 17.7. The van der Waals surface area contributed by atoms with Crippen LogP contribution in [0.3, 0.4) is 0 Å². The normalized spacial score (nSPS) is 12.5. The molecule has 0 radical (unpaired) electrons. The van der Waals surface area contributed by atoms with Gasteiger partial charge in [-0.2, -0.15) is 0 Å². The number of ether oxygens (including phenoxy) is 6. The standard InChI is InChI=1S/C46H69ClO8/c1-5-9-13-17-25-43(48)54-37(32-50-29-21-15-11-7-3)34-52-45-39-23-19-20-24-40(39)46(42-31-36(47)27-28-41(42)45)53-35-38(33-51-30-22-16-12-8-4)55-44(49)26-18-14-10-6-2/h19-20,23-24,27-28,31,37-38H,5-18,21-22,25-26,29-30,32-35H2,1-4H3. The zero-order chi connectivity index (χ0) is 39.5. The first-order chi connectivity index (χ1) is 26.9. The first-order valence-corrected chi connectivity index (χ1v) is 21.7. The van der Waals surface area contributed by atoms with Crippen LogP contribution < -0.4 is 9.47 Å². The second kappa shape index (κ2) is 28.3. The summed E-state index contributed by atoms with van der Waals surface area (Å²) in [4.78, 5) is 25.8. The largest absolute Gasteiger partial charge is 0.488 e. The average molecular weight is 786 g/mol. The maximum Gasteiger partial charge on any atom is 0.306 e. The number of halogens is 1. The molecule has 0 aromatic heterocycles. The predicted molar refractivity (Wildman–Crippen MR) is 225 cm³/mol. The lowest BCUT2D eigenvalue weighted by Gasteiger charge is -2.23. The summed E-state index contributed by atoms with van der Waals surface area (Å²) in [5, 5.41) is 3.79. The Bertz CT molecular complexity index is 1510. The van der Waals surface area contributed by atoms with Gasteiger partial charge in [0, 0.05) is 52.6 Å². The molecule has 8 nitrogen and oxygen atoms in total. The Labute approximate surface area is 336 Å². The van der Waals surface area contributed by atoms with Gasteiger partial charge in [-0.1, -0.05) is 141 Å². The van der Waals surface area contributed by atoms with Crippen molar-refractivity contribution in [3.05, 3.63) is 47.5 Å². The molecule has 0 aliphatic rings. The zero-order valence-electron chi connectivity index (χ0n) is 34.3. The minimum Gasteiger partial charge on any atom is -0.488 e. The van der Waals surface area contributed by atoms with Crippen LogP contribution in [0, 0.1) is 0 Å². The Kier molecular flexibility index (Phi) is 23.9. The molecule has 55 heavy (non-hydrogen) atoms. The van der Waals surface area contributed by atoms with E-state index in [0.29, 0.717) is 42.6 Å². The third-order valence-electron chi connectivity index (χ3n) is 9.67. The molecule has 0 aliphatic carbocycles. The van der Waals surface area contributed by atoms with Gasteiger partial charge in [-0.25, -0.2) is 0 Å². The summed E-state index contributed by atoms with van der Waals surface area (Å²) < 4.78 is 37.1. The molecule has 0 saturated carbocycles. The summed E-state index contributed by atoms with van der Waals surface area (Å²) in [5.41, 5.74) is 0. The van der Waals surface area contributed by atoms with E-state index in [1.54, 1.807) is 0 Å². The maximum absolute atomic E-state index is 12.9. The molecule has 0 heterocycles. The molecular weight excluding hydrogens is 716 g/mol. The molecule has 0 aliphatic heterocycles. The van der Waals surface area contributed by atoms with Gasteiger partial charge in [-0.15, -0.1) is 0 Å². The fraction of sp³-hybridized carbons (Fsp3) is 0.652. The number of carbonyl (C=O) groups is 2. The molecule has 2 atom stereocenters. The number of fused-ring (bicyclic) bond motifs is 2. The zero-order valence-corrected chi connectivity index (χ0v) is 35.1. The number of hydrogen-bond acceptors (Lipinski definition) is 8. The summed E-state index contributed by atoms with van der Waals surface area (Å²) >= 11 is 6.61. The van der Waals surface area contributed by atoms with Crippen molar-refractivity contribution >= 4 is 45.1 Å². The monoisotopic (exact) mass is 784 g/mol. The van der Waals surface area contributed by atoms with Crippen molar-refractivity contribution in [3.63, 3.8) is 0 Å². The van der Waals surface area contributed by atoms with Gasteiger partial charge < -0.3 is 28.4 Å². The molecule has 0 fully saturated rings. The fourth-order valence-corrected chi connectivity index (χ4v) is 6.71. The van der Waals surface area contributed by atoms with Crippen LogP contribution >= 0.6 is 11.6 Å². The van der Waals surface area contributed by atoms with E-state index >= 15 is 0 Å². The van der Waals surface area contributed by atoms with Gasteiger partial charge in [0.25, 0.3) is 0 Å². The van der Waals surface area contributed by atoms with Crippen molar-refractivity contribution in [3.8, 4) is 11.5 Å². The lowest BCUT2D eigenvalue weighted by Crippen LogP contribution is -2.30. The van der Waals surface area contributed by atoms with E-state index in [-0.39, 0.29) is 38.4 Å². The third-order valence-corrected chi connectivity index (χ3v) is 9.91. The van der Waals surface area contributed by atoms with Gasteiger partial charge in [0.15, 0.2) is 12.2 Å². The van der Waals surface area contributed by atoms with Crippen LogP contribution in [-0.2, 0) is 28.5 Å². The number of hydrogen-bond donors (Lipinski definition) is 0. The number of rotatable bonds is 32. The Morgan fingerprint density at radius 1 is 0.509 bits per heavy atom. The van der Waals surface area contributed by atoms with Crippen LogP contribution in [0.15, 0.2) is 42.5 Å². The van der Waals surface area contributed by atoms with Crippen LogP contribution in [0.4, 0.5) is 0 Å². The van der Waals surface area contributed by atoms with E-state index in [1.165, 1.54) is 12.8 Å². The highest BCUT2D eigenvalue weighted by Crippen LogP contribution is 2.44. The smallest absolute Gasteiger partial charge is 0.306 e. The van der Waals surface area contributed by atoms with Crippen molar-refractivity contribution < 1.29 is 38.0 Å². The van der Waals surface area contributed by atoms with Gasteiger partial charge >= 0.3 is 11.9 Å². The van der Waals surface area contributed by atoms with Crippen LogP contribution in [0.2, 0.25) is 5.02 Å². The van der Waals surface area contributed by atoms with Crippen molar-refractivity contribution in [2.75, 3.05) is 39.6 Å². The summed E-state index contributed by atoms with van der Waals surface area (Å²) in [7, 11) is 0. The Balaban J connectivity index is 1.85. The molecule has 0 bridgehead atoms. The quantitative estimate of drug-likeness (QED) is 0.0351. The van der Waals surface area contributed by atoms with E-state index in [0.717, 1.165) is 111 Å². The van der Waals surface area contributed by atoms with Gasteiger partial charge in [-0.05, 0) is 43.9 Å². The van der Waals surface area contributed by atoms with E-state index in [9.17, 15) is 9.59 Å². The Hall–Kier alpha value is -3.07. The fourth-order valence-electron chi connectivity index (χ4n) is 6.54. The first-order valence-electron chi connectivity index (χ1n) is 21.4. The predicted octanol–water partition coefficient (Wildman–Crippen LogP) is 12.4. The highest BCUT2D eigenvalue weighted by Gasteiger charge is 2.23. The maximum atomic E-state index is 12.9.